The van der Waals surface area contributed by atoms with Crippen LogP contribution < -0.4 is 4.74 Å². The fourth-order valence-corrected chi connectivity index (χ4v) is 1.53. The van der Waals surface area contributed by atoms with Gasteiger partial charge in [-0.15, -0.1) is 0 Å². The van der Waals surface area contributed by atoms with E-state index in [1.54, 1.807) is 0 Å². The molecule has 0 aliphatic heterocycles. The first-order chi connectivity index (χ1) is 8.83. The van der Waals surface area contributed by atoms with Gasteiger partial charge in [0.05, 0.1) is 18.7 Å². The second kappa shape index (κ2) is 6.77. The van der Waals surface area contributed by atoms with Gasteiger partial charge in [-0.25, -0.2) is 0 Å². The lowest BCUT2D eigenvalue weighted by Crippen LogP contribution is -2.18. The number of hydrogen-bond donors (Lipinski definition) is 0. The summed E-state index contributed by atoms with van der Waals surface area (Å²) < 4.78 is 44.7. The number of benzene rings is 1. The Morgan fingerprint density at radius 2 is 2.05 bits per heavy atom. The average Bonchev–Trinajstić information content (AvgIpc) is 2.33. The summed E-state index contributed by atoms with van der Waals surface area (Å²) in [7, 11) is 1.40. The zero-order valence-electron chi connectivity index (χ0n) is 10.1. The second-order valence-corrected chi connectivity index (χ2v) is 4.10. The molecule has 19 heavy (non-hydrogen) atoms. The second-order valence-electron chi connectivity index (χ2n) is 3.69. The summed E-state index contributed by atoms with van der Waals surface area (Å²) in [6, 6.07) is 4.41. The maximum atomic E-state index is 11.8. The number of ketones is 1. The van der Waals surface area contributed by atoms with Crippen molar-refractivity contribution in [2.75, 3.05) is 20.3 Å². The zero-order valence-corrected chi connectivity index (χ0v) is 10.8. The van der Waals surface area contributed by atoms with Crippen molar-refractivity contribution in [2.45, 2.75) is 12.6 Å². The van der Waals surface area contributed by atoms with Crippen molar-refractivity contribution in [2.24, 2.45) is 0 Å². The number of Topliss-reactive ketones (excluding diaryl/α,β-unsaturated/α-hetero) is 1. The standard InChI is InChI=1S/C12H12ClF3O3/c1-18-11-6-8(2-3-9(11)13)10(17)4-5-19-7-12(14,15)16/h2-3,6H,4-5,7H2,1H3. The van der Waals surface area contributed by atoms with Crippen LogP contribution in [0.2, 0.25) is 5.02 Å². The molecule has 0 heterocycles. The van der Waals surface area contributed by atoms with Gasteiger partial charge < -0.3 is 9.47 Å². The van der Waals surface area contributed by atoms with E-state index >= 15 is 0 Å². The lowest BCUT2D eigenvalue weighted by molar-refractivity contribution is -0.173. The predicted octanol–water partition coefficient (Wildman–Crippen LogP) is 3.50. The minimum Gasteiger partial charge on any atom is -0.495 e. The molecule has 0 aliphatic carbocycles. The van der Waals surface area contributed by atoms with Crippen LogP contribution in [0.4, 0.5) is 13.2 Å². The van der Waals surface area contributed by atoms with Crippen molar-refractivity contribution < 1.29 is 27.4 Å². The third kappa shape index (κ3) is 5.48. The maximum absolute atomic E-state index is 11.8. The molecule has 0 radical (unpaired) electrons. The summed E-state index contributed by atoms with van der Waals surface area (Å²) in [5.41, 5.74) is 0.317. The lowest BCUT2D eigenvalue weighted by Gasteiger charge is -2.08. The van der Waals surface area contributed by atoms with Crippen molar-refractivity contribution in [3.8, 4) is 5.75 Å². The summed E-state index contributed by atoms with van der Waals surface area (Å²) in [5.74, 6) is 0.000803. The monoisotopic (exact) mass is 296 g/mol. The topological polar surface area (TPSA) is 35.5 Å². The van der Waals surface area contributed by atoms with E-state index in [2.05, 4.69) is 4.74 Å². The van der Waals surface area contributed by atoms with Crippen LogP contribution in [-0.2, 0) is 4.74 Å². The molecule has 0 unspecified atom stereocenters. The summed E-state index contributed by atoms with van der Waals surface area (Å²) in [5, 5.41) is 0.354. The molecule has 1 aromatic carbocycles. The van der Waals surface area contributed by atoms with Gasteiger partial charge in [0.2, 0.25) is 0 Å². The number of alkyl halides is 3. The quantitative estimate of drug-likeness (QED) is 0.595. The van der Waals surface area contributed by atoms with E-state index < -0.39 is 12.8 Å². The molecule has 0 N–H and O–H groups in total. The Hall–Kier alpha value is -1.27. The summed E-state index contributed by atoms with van der Waals surface area (Å²) >= 11 is 5.79. The normalized spacial score (nSPS) is 11.4. The zero-order chi connectivity index (χ0) is 14.5. The van der Waals surface area contributed by atoms with Gasteiger partial charge in [-0.05, 0) is 18.2 Å². The Morgan fingerprint density at radius 3 is 2.63 bits per heavy atom. The maximum Gasteiger partial charge on any atom is 0.411 e. The first-order valence-corrected chi connectivity index (χ1v) is 5.72. The number of ether oxygens (including phenoxy) is 2. The minimum absolute atomic E-state index is 0.138. The highest BCUT2D eigenvalue weighted by Crippen LogP contribution is 2.25. The highest BCUT2D eigenvalue weighted by atomic mass is 35.5. The van der Waals surface area contributed by atoms with E-state index in [1.165, 1.54) is 25.3 Å². The number of halogens is 4. The van der Waals surface area contributed by atoms with Crippen LogP contribution in [0.3, 0.4) is 0 Å². The van der Waals surface area contributed by atoms with Crippen molar-refractivity contribution in [1.82, 2.24) is 0 Å². The van der Waals surface area contributed by atoms with E-state index in [4.69, 9.17) is 16.3 Å². The van der Waals surface area contributed by atoms with Crippen LogP contribution in [0.5, 0.6) is 5.75 Å². The fourth-order valence-electron chi connectivity index (χ4n) is 1.33. The molecule has 0 atom stereocenters. The third-order valence-electron chi connectivity index (χ3n) is 2.21. The van der Waals surface area contributed by atoms with Crippen LogP contribution >= 0.6 is 11.6 Å². The summed E-state index contributed by atoms with van der Waals surface area (Å²) in [4.78, 5) is 11.7. The first-order valence-electron chi connectivity index (χ1n) is 5.34. The predicted molar refractivity (Wildman–Crippen MR) is 63.8 cm³/mol. The van der Waals surface area contributed by atoms with Gasteiger partial charge >= 0.3 is 6.18 Å². The van der Waals surface area contributed by atoms with Crippen LogP contribution in [0.25, 0.3) is 0 Å². The van der Waals surface area contributed by atoms with Gasteiger partial charge in [-0.2, -0.15) is 13.2 Å². The van der Waals surface area contributed by atoms with Crippen LogP contribution in [0, 0.1) is 0 Å². The van der Waals surface area contributed by atoms with E-state index in [9.17, 15) is 18.0 Å². The molecule has 0 aromatic heterocycles. The molecule has 0 aliphatic rings. The van der Waals surface area contributed by atoms with Crippen molar-refractivity contribution >= 4 is 17.4 Å². The van der Waals surface area contributed by atoms with Crippen LogP contribution in [0.15, 0.2) is 18.2 Å². The lowest BCUT2D eigenvalue weighted by atomic mass is 10.1. The largest absolute Gasteiger partial charge is 0.495 e. The third-order valence-corrected chi connectivity index (χ3v) is 2.52. The summed E-state index contributed by atoms with van der Waals surface area (Å²) in [6.45, 7) is -1.65. The van der Waals surface area contributed by atoms with Gasteiger partial charge in [0, 0.05) is 12.0 Å². The SMILES string of the molecule is COc1cc(C(=O)CCOCC(F)(F)F)ccc1Cl. The number of carbonyl (C=O) groups excluding carboxylic acids is 1. The molecule has 0 bridgehead atoms. The molecule has 0 saturated carbocycles. The van der Waals surface area contributed by atoms with Gasteiger partial charge in [0.25, 0.3) is 0 Å². The van der Waals surface area contributed by atoms with E-state index in [0.717, 1.165) is 0 Å². The first kappa shape index (κ1) is 15.8. The van der Waals surface area contributed by atoms with Gasteiger partial charge in [-0.3, -0.25) is 4.79 Å². The number of rotatable bonds is 6. The minimum atomic E-state index is -4.38. The van der Waals surface area contributed by atoms with Gasteiger partial charge in [0.1, 0.15) is 12.4 Å². The van der Waals surface area contributed by atoms with Crippen molar-refractivity contribution in [1.29, 1.82) is 0 Å². The Balaban J connectivity index is 2.50. The highest BCUT2D eigenvalue weighted by molar-refractivity contribution is 6.32. The molecule has 1 aromatic rings. The van der Waals surface area contributed by atoms with Crippen molar-refractivity contribution in [3.63, 3.8) is 0 Å². The van der Waals surface area contributed by atoms with Gasteiger partial charge in [0.15, 0.2) is 5.78 Å². The average molecular weight is 297 g/mol. The van der Waals surface area contributed by atoms with Crippen molar-refractivity contribution in [3.05, 3.63) is 28.8 Å². The molecular weight excluding hydrogens is 285 g/mol. The molecule has 0 spiro atoms. The number of carbonyl (C=O) groups is 1. The Labute approximate surface area is 113 Å². The molecule has 7 heteroatoms. The molecule has 3 nitrogen and oxygen atoms in total. The number of methoxy groups -OCH3 is 1. The molecule has 0 saturated heterocycles. The fraction of sp³-hybridized carbons (Fsp3) is 0.417. The number of hydrogen-bond acceptors (Lipinski definition) is 3. The van der Waals surface area contributed by atoms with E-state index in [0.29, 0.717) is 16.3 Å². The van der Waals surface area contributed by atoms with E-state index in [1.807, 2.05) is 0 Å². The Bertz CT molecular complexity index is 446. The van der Waals surface area contributed by atoms with Gasteiger partial charge in [-0.1, -0.05) is 11.6 Å². The molecular formula is C12H12ClF3O3. The molecule has 0 amide bonds. The molecule has 0 fully saturated rings. The Morgan fingerprint density at radius 1 is 1.37 bits per heavy atom. The molecule has 106 valence electrons. The highest BCUT2D eigenvalue weighted by Gasteiger charge is 2.27. The smallest absolute Gasteiger partial charge is 0.411 e. The van der Waals surface area contributed by atoms with Crippen LogP contribution in [0.1, 0.15) is 16.8 Å². The van der Waals surface area contributed by atoms with E-state index in [-0.39, 0.29) is 18.8 Å². The van der Waals surface area contributed by atoms with Crippen LogP contribution in [-0.4, -0.2) is 32.3 Å². The molecule has 1 rings (SSSR count). The summed E-state index contributed by atoms with van der Waals surface area (Å²) in [6.07, 6.45) is -4.52. The Kier molecular flexibility index (Phi) is 5.62.